The van der Waals surface area contributed by atoms with Gasteiger partial charge in [-0.3, -0.25) is 0 Å². The summed E-state index contributed by atoms with van der Waals surface area (Å²) in [7, 11) is 0. The zero-order valence-corrected chi connectivity index (χ0v) is 10.2. The summed E-state index contributed by atoms with van der Waals surface area (Å²) < 4.78 is 0. The number of hydrogen-bond acceptors (Lipinski definition) is 1. The number of alkyl halides is 1. The van der Waals surface area contributed by atoms with E-state index in [9.17, 15) is 4.79 Å². The molecule has 0 aliphatic heterocycles. The number of ketones is 1. The van der Waals surface area contributed by atoms with Crippen LogP contribution in [0.2, 0.25) is 5.02 Å². The van der Waals surface area contributed by atoms with Gasteiger partial charge in [0.25, 0.3) is 0 Å². The van der Waals surface area contributed by atoms with E-state index in [0.717, 1.165) is 23.4 Å². The molecule has 0 radical (unpaired) electrons. The molecule has 0 saturated heterocycles. The summed E-state index contributed by atoms with van der Waals surface area (Å²) >= 11 is 12.0. The van der Waals surface area contributed by atoms with Gasteiger partial charge in [0.2, 0.25) is 0 Å². The SMILES string of the molecule is CC(=O)CCC(Cl)Cc1cccc(Cl)c1. The van der Waals surface area contributed by atoms with Gasteiger partial charge in [0.15, 0.2) is 0 Å². The molecule has 1 atom stereocenters. The standard InChI is InChI=1S/C12H14Cl2O/c1-9(15)5-6-12(14)8-10-3-2-4-11(13)7-10/h2-4,7,12H,5-6,8H2,1H3. The fourth-order valence-corrected chi connectivity index (χ4v) is 1.88. The van der Waals surface area contributed by atoms with Crippen LogP contribution in [0.5, 0.6) is 0 Å². The Morgan fingerprint density at radius 3 is 2.80 bits per heavy atom. The highest BCUT2D eigenvalue weighted by Gasteiger charge is 2.07. The Morgan fingerprint density at radius 1 is 1.47 bits per heavy atom. The van der Waals surface area contributed by atoms with Crippen LogP contribution >= 0.6 is 23.2 Å². The maximum absolute atomic E-state index is 10.8. The molecule has 82 valence electrons. The van der Waals surface area contributed by atoms with Gasteiger partial charge in [-0.15, -0.1) is 11.6 Å². The normalized spacial score (nSPS) is 12.5. The van der Waals surface area contributed by atoms with Crippen molar-refractivity contribution in [3.05, 3.63) is 34.9 Å². The number of benzene rings is 1. The first-order valence-corrected chi connectivity index (χ1v) is 5.77. The van der Waals surface area contributed by atoms with Crippen LogP contribution in [0.4, 0.5) is 0 Å². The van der Waals surface area contributed by atoms with Crippen LogP contribution in [0.1, 0.15) is 25.3 Å². The summed E-state index contributed by atoms with van der Waals surface area (Å²) in [6, 6.07) is 7.65. The molecule has 1 aromatic carbocycles. The summed E-state index contributed by atoms with van der Waals surface area (Å²) in [4.78, 5) is 10.8. The van der Waals surface area contributed by atoms with Crippen LogP contribution in [-0.4, -0.2) is 11.2 Å². The highest BCUT2D eigenvalue weighted by atomic mass is 35.5. The average Bonchev–Trinajstić information content (AvgIpc) is 2.15. The molecule has 1 rings (SSSR count). The van der Waals surface area contributed by atoms with Crippen molar-refractivity contribution in [3.8, 4) is 0 Å². The Morgan fingerprint density at radius 2 is 2.20 bits per heavy atom. The number of rotatable bonds is 5. The van der Waals surface area contributed by atoms with Gasteiger partial charge in [-0.1, -0.05) is 23.7 Å². The van der Waals surface area contributed by atoms with E-state index in [1.54, 1.807) is 6.92 Å². The van der Waals surface area contributed by atoms with Gasteiger partial charge in [-0.25, -0.2) is 0 Å². The molecule has 0 amide bonds. The minimum atomic E-state index is 0.00682. The second-order valence-corrected chi connectivity index (χ2v) is 4.73. The van der Waals surface area contributed by atoms with E-state index >= 15 is 0 Å². The molecule has 0 spiro atoms. The lowest BCUT2D eigenvalue weighted by Gasteiger charge is -2.08. The van der Waals surface area contributed by atoms with Crippen LogP contribution in [0.15, 0.2) is 24.3 Å². The van der Waals surface area contributed by atoms with Crippen molar-refractivity contribution >= 4 is 29.0 Å². The molecular formula is C12H14Cl2O. The first kappa shape index (κ1) is 12.5. The molecule has 0 aliphatic rings. The number of carbonyl (C=O) groups excluding carboxylic acids is 1. The third-order valence-corrected chi connectivity index (χ3v) is 2.76. The average molecular weight is 245 g/mol. The van der Waals surface area contributed by atoms with Gasteiger partial charge in [-0.05, 0) is 37.5 Å². The number of halogens is 2. The summed E-state index contributed by atoms with van der Waals surface area (Å²) in [5.41, 5.74) is 1.12. The van der Waals surface area contributed by atoms with Crippen molar-refractivity contribution in [2.45, 2.75) is 31.6 Å². The molecule has 0 fully saturated rings. The number of Topliss-reactive ketones (excluding diaryl/α,β-unsaturated/α-hetero) is 1. The van der Waals surface area contributed by atoms with E-state index in [4.69, 9.17) is 23.2 Å². The predicted octanol–water partition coefficient (Wildman–Crippen LogP) is 3.86. The van der Waals surface area contributed by atoms with Gasteiger partial charge < -0.3 is 4.79 Å². The Hall–Kier alpha value is -0.530. The maximum atomic E-state index is 10.8. The lowest BCUT2D eigenvalue weighted by Crippen LogP contribution is -2.05. The zero-order chi connectivity index (χ0) is 11.3. The third kappa shape index (κ3) is 5.19. The Balaban J connectivity index is 2.44. The van der Waals surface area contributed by atoms with Gasteiger partial charge in [0.1, 0.15) is 5.78 Å². The first-order valence-electron chi connectivity index (χ1n) is 4.96. The summed E-state index contributed by atoms with van der Waals surface area (Å²) in [6.45, 7) is 1.59. The van der Waals surface area contributed by atoms with Gasteiger partial charge in [0.05, 0.1) is 0 Å². The van der Waals surface area contributed by atoms with Crippen LogP contribution in [0, 0.1) is 0 Å². The summed E-state index contributed by atoms with van der Waals surface area (Å²) in [5, 5.41) is 0.732. The molecule has 0 N–H and O–H groups in total. The van der Waals surface area contributed by atoms with Crippen molar-refractivity contribution in [1.29, 1.82) is 0 Å². The topological polar surface area (TPSA) is 17.1 Å². The third-order valence-electron chi connectivity index (χ3n) is 2.16. The van der Waals surface area contributed by atoms with E-state index < -0.39 is 0 Å². The first-order chi connectivity index (χ1) is 7.08. The highest BCUT2D eigenvalue weighted by molar-refractivity contribution is 6.30. The van der Waals surface area contributed by atoms with Crippen molar-refractivity contribution in [3.63, 3.8) is 0 Å². The molecule has 1 unspecified atom stereocenters. The molecule has 0 saturated carbocycles. The summed E-state index contributed by atoms with van der Waals surface area (Å²) in [5.74, 6) is 0.187. The van der Waals surface area contributed by atoms with Crippen molar-refractivity contribution < 1.29 is 4.79 Å². The Bertz CT molecular complexity index is 336. The molecule has 0 aliphatic carbocycles. The van der Waals surface area contributed by atoms with Crippen LogP contribution in [-0.2, 0) is 11.2 Å². The molecule has 15 heavy (non-hydrogen) atoms. The molecule has 1 nitrogen and oxygen atoms in total. The number of carbonyl (C=O) groups is 1. The second kappa shape index (κ2) is 6.14. The predicted molar refractivity (Wildman–Crippen MR) is 64.7 cm³/mol. The zero-order valence-electron chi connectivity index (χ0n) is 8.67. The van der Waals surface area contributed by atoms with E-state index in [0.29, 0.717) is 6.42 Å². The summed E-state index contributed by atoms with van der Waals surface area (Å²) in [6.07, 6.45) is 2.04. The molecule has 3 heteroatoms. The van der Waals surface area contributed by atoms with Gasteiger partial charge >= 0.3 is 0 Å². The van der Waals surface area contributed by atoms with Gasteiger partial charge in [-0.2, -0.15) is 0 Å². The fourth-order valence-electron chi connectivity index (χ4n) is 1.38. The minimum absolute atomic E-state index is 0.00682. The molecular weight excluding hydrogens is 231 g/mol. The van der Waals surface area contributed by atoms with Crippen molar-refractivity contribution in [1.82, 2.24) is 0 Å². The monoisotopic (exact) mass is 244 g/mol. The van der Waals surface area contributed by atoms with Crippen molar-refractivity contribution in [2.24, 2.45) is 0 Å². The van der Waals surface area contributed by atoms with Crippen molar-refractivity contribution in [2.75, 3.05) is 0 Å². The van der Waals surface area contributed by atoms with Gasteiger partial charge in [0, 0.05) is 16.8 Å². The fraction of sp³-hybridized carbons (Fsp3) is 0.417. The molecule has 0 aromatic heterocycles. The molecule has 1 aromatic rings. The lowest BCUT2D eigenvalue weighted by atomic mass is 10.1. The second-order valence-electron chi connectivity index (χ2n) is 3.67. The minimum Gasteiger partial charge on any atom is -0.300 e. The molecule has 0 heterocycles. The highest BCUT2D eigenvalue weighted by Crippen LogP contribution is 2.16. The van der Waals surface area contributed by atoms with E-state index in [2.05, 4.69) is 0 Å². The Labute approximate surface area is 100 Å². The van der Waals surface area contributed by atoms with Crippen LogP contribution < -0.4 is 0 Å². The Kier molecular flexibility index (Phi) is 5.13. The largest absolute Gasteiger partial charge is 0.300 e. The number of hydrogen-bond donors (Lipinski definition) is 0. The van der Waals surface area contributed by atoms with E-state index in [-0.39, 0.29) is 11.2 Å². The maximum Gasteiger partial charge on any atom is 0.129 e. The van der Waals surface area contributed by atoms with E-state index in [1.807, 2.05) is 24.3 Å². The molecule has 0 bridgehead atoms. The lowest BCUT2D eigenvalue weighted by molar-refractivity contribution is -0.117. The van der Waals surface area contributed by atoms with Crippen LogP contribution in [0.3, 0.4) is 0 Å². The van der Waals surface area contributed by atoms with Crippen LogP contribution in [0.25, 0.3) is 0 Å². The smallest absolute Gasteiger partial charge is 0.129 e. The quantitative estimate of drug-likeness (QED) is 0.720. The van der Waals surface area contributed by atoms with E-state index in [1.165, 1.54) is 0 Å².